The number of hydrogen-bond donors (Lipinski definition) is 1. The van der Waals surface area contributed by atoms with Crippen molar-refractivity contribution in [2.75, 3.05) is 13.1 Å². The van der Waals surface area contributed by atoms with Gasteiger partial charge in [0.1, 0.15) is 9.88 Å². The molecule has 1 spiro atoms. The molecule has 5 rings (SSSR count). The van der Waals surface area contributed by atoms with Gasteiger partial charge in [-0.25, -0.2) is 4.98 Å². The second kappa shape index (κ2) is 6.07. The van der Waals surface area contributed by atoms with Crippen LogP contribution in [0, 0.1) is 0 Å². The van der Waals surface area contributed by atoms with Gasteiger partial charge in [0.25, 0.3) is 5.91 Å². The van der Waals surface area contributed by atoms with E-state index in [1.54, 1.807) is 12.5 Å². The van der Waals surface area contributed by atoms with Gasteiger partial charge in [-0.1, -0.05) is 30.3 Å². The van der Waals surface area contributed by atoms with Crippen molar-refractivity contribution in [2.45, 2.75) is 24.9 Å². The van der Waals surface area contributed by atoms with Crippen molar-refractivity contribution in [3.63, 3.8) is 0 Å². The van der Waals surface area contributed by atoms with Gasteiger partial charge in [0.15, 0.2) is 0 Å². The summed E-state index contributed by atoms with van der Waals surface area (Å²) in [7, 11) is 0. The third-order valence-electron chi connectivity index (χ3n) is 5.36. The summed E-state index contributed by atoms with van der Waals surface area (Å²) in [5.74, 6) is 0.0305. The van der Waals surface area contributed by atoms with Crippen molar-refractivity contribution < 1.29 is 9.21 Å². The van der Waals surface area contributed by atoms with E-state index < -0.39 is 0 Å². The van der Waals surface area contributed by atoms with E-state index in [9.17, 15) is 4.79 Å². The number of nitrogens with zero attached hydrogens (tertiary/aromatic N) is 2. The van der Waals surface area contributed by atoms with Gasteiger partial charge in [0, 0.05) is 30.8 Å². The van der Waals surface area contributed by atoms with E-state index in [4.69, 9.17) is 9.40 Å². The highest BCUT2D eigenvalue weighted by Gasteiger charge is 2.47. The van der Waals surface area contributed by atoms with Crippen molar-refractivity contribution in [2.24, 2.45) is 0 Å². The van der Waals surface area contributed by atoms with Crippen molar-refractivity contribution in [3.05, 3.63) is 65.1 Å². The second-order valence-electron chi connectivity index (χ2n) is 7.01. The molecule has 3 aromatic rings. The highest BCUT2D eigenvalue weighted by Crippen LogP contribution is 2.43. The predicted molar refractivity (Wildman–Crippen MR) is 99.9 cm³/mol. The Morgan fingerprint density at radius 2 is 2.00 bits per heavy atom. The first-order valence-corrected chi connectivity index (χ1v) is 9.68. The number of carbonyl (C=O) groups is 1. The summed E-state index contributed by atoms with van der Waals surface area (Å²) in [6.45, 7) is 2.76. The molecule has 0 saturated carbocycles. The molecule has 1 fully saturated rings. The van der Waals surface area contributed by atoms with Crippen molar-refractivity contribution in [3.8, 4) is 10.6 Å². The molecule has 0 unspecified atom stereocenters. The number of fused-ring (bicyclic) bond motifs is 2. The molecule has 1 amide bonds. The fraction of sp³-hybridized carbons (Fsp3) is 0.300. The number of benzene rings is 1. The Balaban J connectivity index is 1.39. The van der Waals surface area contributed by atoms with Gasteiger partial charge in [-0.15, -0.1) is 11.3 Å². The number of likely N-dealkylation sites (tertiary alicyclic amines) is 1. The van der Waals surface area contributed by atoms with Crippen molar-refractivity contribution in [1.29, 1.82) is 0 Å². The molecule has 2 aromatic heterocycles. The first-order chi connectivity index (χ1) is 12.7. The molecular formula is C20H19N3O2S. The van der Waals surface area contributed by atoms with Crippen LogP contribution in [0.4, 0.5) is 0 Å². The normalized spacial score (nSPS) is 18.8. The van der Waals surface area contributed by atoms with Gasteiger partial charge in [-0.05, 0) is 18.9 Å². The number of piperidine rings is 1. The molecular weight excluding hydrogens is 346 g/mol. The Labute approximate surface area is 155 Å². The number of nitrogens with one attached hydrogen (secondary N) is 1. The van der Waals surface area contributed by atoms with Gasteiger partial charge >= 0.3 is 0 Å². The topological polar surface area (TPSA) is 58.4 Å². The van der Waals surface area contributed by atoms with Gasteiger partial charge in [0.2, 0.25) is 0 Å². The lowest BCUT2D eigenvalue weighted by molar-refractivity contribution is 0.0854. The van der Waals surface area contributed by atoms with Crippen LogP contribution in [-0.4, -0.2) is 28.9 Å². The van der Waals surface area contributed by atoms with Crippen LogP contribution in [0.2, 0.25) is 0 Å². The quantitative estimate of drug-likeness (QED) is 0.770. The zero-order valence-electron chi connectivity index (χ0n) is 14.3. The first kappa shape index (κ1) is 15.8. The van der Waals surface area contributed by atoms with E-state index in [1.807, 2.05) is 36.4 Å². The summed E-state index contributed by atoms with van der Waals surface area (Å²) in [4.78, 5) is 20.6. The van der Waals surface area contributed by atoms with Crippen molar-refractivity contribution in [1.82, 2.24) is 15.2 Å². The fourth-order valence-electron chi connectivity index (χ4n) is 3.93. The minimum Gasteiger partial charge on any atom is -0.472 e. The number of carbonyl (C=O) groups excluding carboxylic acids is 1. The van der Waals surface area contributed by atoms with Crippen LogP contribution in [0.15, 0.2) is 53.3 Å². The summed E-state index contributed by atoms with van der Waals surface area (Å²) >= 11 is 1.51. The van der Waals surface area contributed by atoms with E-state index in [-0.39, 0.29) is 11.4 Å². The van der Waals surface area contributed by atoms with Crippen LogP contribution >= 0.6 is 11.3 Å². The predicted octanol–water partition coefficient (Wildman–Crippen LogP) is 3.64. The number of rotatable bonds is 3. The lowest BCUT2D eigenvalue weighted by atomic mass is 9.86. The van der Waals surface area contributed by atoms with Gasteiger partial charge < -0.3 is 9.73 Å². The van der Waals surface area contributed by atoms with E-state index in [0.29, 0.717) is 0 Å². The fourth-order valence-corrected chi connectivity index (χ4v) is 5.00. The molecule has 4 heterocycles. The smallest absolute Gasteiger partial charge is 0.264 e. The van der Waals surface area contributed by atoms with Gasteiger partial charge in [0.05, 0.1) is 23.8 Å². The Bertz CT molecular complexity index is 925. The minimum absolute atomic E-state index is 0.0305. The van der Waals surface area contributed by atoms with E-state index in [0.717, 1.165) is 53.6 Å². The number of furan rings is 1. The lowest BCUT2D eigenvalue weighted by Crippen LogP contribution is -2.49. The molecule has 26 heavy (non-hydrogen) atoms. The Morgan fingerprint density at radius 3 is 2.73 bits per heavy atom. The standard InChI is InChI=1S/C20H19N3O2S/c24-18-16-17(21-19(26-16)15-4-2-1-3-5-15)20(22-18)7-9-23(10-8-20)12-14-6-11-25-13-14/h1-6,11,13H,7-10,12H2,(H,22,24). The largest absolute Gasteiger partial charge is 0.472 e. The summed E-state index contributed by atoms with van der Waals surface area (Å²) in [6, 6.07) is 12.1. The highest BCUT2D eigenvalue weighted by atomic mass is 32.1. The number of amides is 1. The van der Waals surface area contributed by atoms with Crippen LogP contribution in [0.5, 0.6) is 0 Å². The maximum absolute atomic E-state index is 12.6. The van der Waals surface area contributed by atoms with Gasteiger partial charge in [-0.2, -0.15) is 0 Å². The monoisotopic (exact) mass is 365 g/mol. The van der Waals surface area contributed by atoms with Crippen LogP contribution < -0.4 is 5.32 Å². The molecule has 2 aliphatic rings. The Kier molecular flexibility index (Phi) is 3.69. The van der Waals surface area contributed by atoms with Crippen LogP contribution in [0.1, 0.15) is 33.8 Å². The molecule has 0 aliphatic carbocycles. The Hall–Kier alpha value is -2.44. The molecule has 1 aromatic carbocycles. The van der Waals surface area contributed by atoms with E-state index in [1.165, 1.54) is 16.9 Å². The van der Waals surface area contributed by atoms with E-state index in [2.05, 4.69) is 10.2 Å². The molecule has 1 saturated heterocycles. The summed E-state index contributed by atoms with van der Waals surface area (Å²) in [6.07, 6.45) is 5.29. The number of hydrogen-bond acceptors (Lipinski definition) is 5. The van der Waals surface area contributed by atoms with Crippen LogP contribution in [-0.2, 0) is 12.1 Å². The lowest BCUT2D eigenvalue weighted by Gasteiger charge is -2.38. The second-order valence-corrected chi connectivity index (χ2v) is 8.01. The number of aromatic nitrogens is 1. The highest BCUT2D eigenvalue weighted by molar-refractivity contribution is 7.17. The third kappa shape index (κ3) is 2.57. The summed E-state index contributed by atoms with van der Waals surface area (Å²) < 4.78 is 5.16. The van der Waals surface area contributed by atoms with Gasteiger partial charge in [-0.3, -0.25) is 9.69 Å². The molecule has 6 heteroatoms. The molecule has 5 nitrogen and oxygen atoms in total. The zero-order chi connectivity index (χ0) is 17.6. The van der Waals surface area contributed by atoms with Crippen LogP contribution in [0.25, 0.3) is 10.6 Å². The maximum Gasteiger partial charge on any atom is 0.264 e. The minimum atomic E-state index is -0.303. The van der Waals surface area contributed by atoms with E-state index >= 15 is 0 Å². The summed E-state index contributed by atoms with van der Waals surface area (Å²) in [5, 5.41) is 4.17. The average molecular weight is 365 g/mol. The molecule has 0 radical (unpaired) electrons. The maximum atomic E-state index is 12.6. The molecule has 0 bridgehead atoms. The Morgan fingerprint density at radius 1 is 1.19 bits per heavy atom. The summed E-state index contributed by atoms with van der Waals surface area (Å²) in [5.41, 5.74) is 2.92. The zero-order valence-corrected chi connectivity index (χ0v) is 15.1. The number of thiazole rings is 1. The molecule has 132 valence electrons. The SMILES string of the molecule is O=C1NC2(CCN(Cc3ccoc3)CC2)c2nc(-c3ccccc3)sc21. The van der Waals surface area contributed by atoms with Crippen molar-refractivity contribution >= 4 is 17.2 Å². The van der Waals surface area contributed by atoms with Crippen LogP contribution in [0.3, 0.4) is 0 Å². The molecule has 2 aliphatic heterocycles. The third-order valence-corrected chi connectivity index (χ3v) is 6.46. The molecule has 0 atom stereocenters. The molecule has 1 N–H and O–H groups in total. The first-order valence-electron chi connectivity index (χ1n) is 8.86. The average Bonchev–Trinajstić information content (AvgIpc) is 3.38.